The van der Waals surface area contributed by atoms with Crippen LogP contribution in [0.1, 0.15) is 36.4 Å². The van der Waals surface area contributed by atoms with Crippen LogP contribution in [-0.4, -0.2) is 37.8 Å². The number of ether oxygens (including phenoxy) is 3. The Labute approximate surface area is 149 Å². The number of likely N-dealkylation sites (tertiary alicyclic amines) is 1. The Kier molecular flexibility index (Phi) is 5.76. The van der Waals surface area contributed by atoms with Crippen LogP contribution in [0.15, 0.2) is 36.7 Å². The van der Waals surface area contributed by atoms with Crippen molar-refractivity contribution in [1.82, 2.24) is 9.88 Å². The molecule has 3 rings (SSSR count). The third kappa shape index (κ3) is 3.71. The largest absolute Gasteiger partial charge is 0.493 e. The van der Waals surface area contributed by atoms with E-state index < -0.39 is 0 Å². The molecule has 1 aromatic heterocycles. The van der Waals surface area contributed by atoms with Gasteiger partial charge in [0.25, 0.3) is 0 Å². The summed E-state index contributed by atoms with van der Waals surface area (Å²) in [5.41, 5.74) is 2.39. The maximum atomic E-state index is 5.65. The van der Waals surface area contributed by atoms with Crippen molar-refractivity contribution in [1.29, 1.82) is 0 Å². The van der Waals surface area contributed by atoms with Crippen LogP contribution in [0, 0.1) is 0 Å². The molecule has 25 heavy (non-hydrogen) atoms. The van der Waals surface area contributed by atoms with E-state index in [2.05, 4.69) is 22.0 Å². The first kappa shape index (κ1) is 17.5. The van der Waals surface area contributed by atoms with Crippen LogP contribution in [-0.2, 0) is 6.54 Å². The highest BCUT2D eigenvalue weighted by Crippen LogP contribution is 2.41. The van der Waals surface area contributed by atoms with Crippen LogP contribution in [0.2, 0.25) is 0 Å². The number of hydrogen-bond acceptors (Lipinski definition) is 5. The Morgan fingerprint density at radius 1 is 1.04 bits per heavy atom. The zero-order chi connectivity index (χ0) is 17.6. The molecule has 1 unspecified atom stereocenters. The molecule has 1 fully saturated rings. The van der Waals surface area contributed by atoms with Crippen molar-refractivity contribution in [3.05, 3.63) is 47.8 Å². The molecular formula is C20H26N2O3. The number of nitrogens with zero attached hydrogens (tertiary/aromatic N) is 2. The highest BCUT2D eigenvalue weighted by Gasteiger charge is 2.26. The van der Waals surface area contributed by atoms with E-state index in [-0.39, 0.29) is 0 Å². The van der Waals surface area contributed by atoms with Crippen molar-refractivity contribution in [2.24, 2.45) is 0 Å². The Morgan fingerprint density at radius 2 is 1.88 bits per heavy atom. The third-order valence-electron chi connectivity index (χ3n) is 4.84. The molecular weight excluding hydrogens is 316 g/mol. The highest BCUT2D eigenvalue weighted by atomic mass is 16.5. The fourth-order valence-electron chi connectivity index (χ4n) is 3.64. The molecule has 5 nitrogen and oxygen atoms in total. The van der Waals surface area contributed by atoms with Gasteiger partial charge in [-0.15, -0.1) is 0 Å². The van der Waals surface area contributed by atoms with Gasteiger partial charge in [0, 0.05) is 30.5 Å². The van der Waals surface area contributed by atoms with E-state index in [0.717, 1.165) is 30.8 Å². The maximum Gasteiger partial charge on any atom is 0.203 e. The topological polar surface area (TPSA) is 43.8 Å². The van der Waals surface area contributed by atoms with E-state index in [1.807, 2.05) is 24.5 Å². The van der Waals surface area contributed by atoms with Gasteiger partial charge in [-0.25, -0.2) is 0 Å². The van der Waals surface area contributed by atoms with Gasteiger partial charge < -0.3 is 14.2 Å². The first-order valence-electron chi connectivity index (χ1n) is 8.70. The van der Waals surface area contributed by atoms with Crippen molar-refractivity contribution in [2.75, 3.05) is 27.9 Å². The second-order valence-electron chi connectivity index (χ2n) is 6.26. The molecule has 2 heterocycles. The molecule has 2 aromatic rings. The minimum atomic E-state index is 0.389. The summed E-state index contributed by atoms with van der Waals surface area (Å²) in [6.45, 7) is 1.88. The summed E-state index contributed by atoms with van der Waals surface area (Å²) < 4.78 is 16.6. The van der Waals surface area contributed by atoms with Gasteiger partial charge >= 0.3 is 0 Å². The zero-order valence-electron chi connectivity index (χ0n) is 15.2. The van der Waals surface area contributed by atoms with Gasteiger partial charge in [-0.2, -0.15) is 0 Å². The number of methoxy groups -OCH3 is 3. The molecule has 1 aliphatic heterocycles. The van der Waals surface area contributed by atoms with Crippen LogP contribution in [0.25, 0.3) is 0 Å². The van der Waals surface area contributed by atoms with Crippen LogP contribution in [0.5, 0.6) is 17.2 Å². The van der Waals surface area contributed by atoms with Crippen LogP contribution in [0.3, 0.4) is 0 Å². The summed E-state index contributed by atoms with van der Waals surface area (Å²) in [7, 11) is 4.96. The number of hydrogen-bond donors (Lipinski definition) is 0. The Morgan fingerprint density at radius 3 is 2.56 bits per heavy atom. The number of rotatable bonds is 6. The fraction of sp³-hybridized carbons (Fsp3) is 0.450. The van der Waals surface area contributed by atoms with Gasteiger partial charge in [0.2, 0.25) is 5.75 Å². The van der Waals surface area contributed by atoms with E-state index in [0.29, 0.717) is 17.5 Å². The van der Waals surface area contributed by atoms with Crippen molar-refractivity contribution in [2.45, 2.75) is 31.8 Å². The van der Waals surface area contributed by atoms with E-state index in [9.17, 15) is 0 Å². The second-order valence-corrected chi connectivity index (χ2v) is 6.26. The normalized spacial score (nSPS) is 18.0. The lowest BCUT2D eigenvalue weighted by Gasteiger charge is -2.36. The van der Waals surface area contributed by atoms with Gasteiger partial charge in [-0.3, -0.25) is 9.88 Å². The first-order chi connectivity index (χ1) is 12.3. The second kappa shape index (κ2) is 8.21. The van der Waals surface area contributed by atoms with Crippen LogP contribution in [0.4, 0.5) is 0 Å². The Bertz CT molecular complexity index is 691. The Hall–Kier alpha value is -2.27. The molecule has 0 bridgehead atoms. The molecule has 0 spiro atoms. The molecule has 1 aliphatic rings. The molecule has 0 amide bonds. The van der Waals surface area contributed by atoms with Gasteiger partial charge in [-0.05, 0) is 37.1 Å². The van der Waals surface area contributed by atoms with Crippen LogP contribution >= 0.6 is 0 Å². The van der Waals surface area contributed by atoms with Crippen molar-refractivity contribution >= 4 is 0 Å². The first-order valence-corrected chi connectivity index (χ1v) is 8.70. The summed E-state index contributed by atoms with van der Waals surface area (Å²) in [5.74, 6) is 2.08. The van der Waals surface area contributed by atoms with Gasteiger partial charge in [0.1, 0.15) is 0 Å². The summed E-state index contributed by atoms with van der Waals surface area (Å²) in [6.07, 6.45) is 7.43. The predicted octanol–water partition coefficient (Wildman–Crippen LogP) is 3.83. The van der Waals surface area contributed by atoms with Gasteiger partial charge in [-0.1, -0.05) is 18.6 Å². The predicted molar refractivity (Wildman–Crippen MR) is 97.3 cm³/mol. The number of pyridine rings is 1. The molecule has 5 heteroatoms. The minimum absolute atomic E-state index is 0.389. The lowest BCUT2D eigenvalue weighted by molar-refractivity contribution is 0.138. The molecule has 0 aliphatic carbocycles. The molecule has 1 atom stereocenters. The summed E-state index contributed by atoms with van der Waals surface area (Å²) in [5, 5.41) is 0. The molecule has 0 N–H and O–H groups in total. The van der Waals surface area contributed by atoms with Crippen LogP contribution < -0.4 is 14.2 Å². The zero-order valence-corrected chi connectivity index (χ0v) is 15.2. The SMILES string of the molecule is COc1ccc(CN2CCCCC2c2cccnc2)c(OC)c1OC. The molecule has 134 valence electrons. The number of benzene rings is 1. The molecule has 0 radical (unpaired) electrons. The standard InChI is InChI=1S/C20H26N2O3/c1-23-18-10-9-16(19(24-2)20(18)25-3)14-22-12-5-4-8-17(22)15-7-6-11-21-13-15/h6-7,9-11,13,17H,4-5,8,12,14H2,1-3H3. The summed E-state index contributed by atoms with van der Waals surface area (Å²) in [6, 6.07) is 8.58. The minimum Gasteiger partial charge on any atom is -0.493 e. The molecule has 0 saturated carbocycles. The number of piperidine rings is 1. The lowest BCUT2D eigenvalue weighted by Crippen LogP contribution is -2.33. The average Bonchev–Trinajstić information content (AvgIpc) is 2.68. The van der Waals surface area contributed by atoms with E-state index in [4.69, 9.17) is 14.2 Å². The van der Waals surface area contributed by atoms with E-state index in [1.54, 1.807) is 21.3 Å². The molecule has 1 aromatic carbocycles. The van der Waals surface area contributed by atoms with Crippen molar-refractivity contribution in [3.8, 4) is 17.2 Å². The van der Waals surface area contributed by atoms with Crippen molar-refractivity contribution in [3.63, 3.8) is 0 Å². The lowest BCUT2D eigenvalue weighted by atomic mass is 9.95. The van der Waals surface area contributed by atoms with Gasteiger partial charge in [0.15, 0.2) is 11.5 Å². The maximum absolute atomic E-state index is 5.65. The smallest absolute Gasteiger partial charge is 0.203 e. The number of aromatic nitrogens is 1. The third-order valence-corrected chi connectivity index (χ3v) is 4.84. The van der Waals surface area contributed by atoms with E-state index >= 15 is 0 Å². The monoisotopic (exact) mass is 342 g/mol. The fourth-order valence-corrected chi connectivity index (χ4v) is 3.64. The van der Waals surface area contributed by atoms with Crippen molar-refractivity contribution < 1.29 is 14.2 Å². The molecule has 1 saturated heterocycles. The summed E-state index contributed by atoms with van der Waals surface area (Å²) in [4.78, 5) is 6.80. The van der Waals surface area contributed by atoms with E-state index in [1.165, 1.54) is 18.4 Å². The average molecular weight is 342 g/mol. The summed E-state index contributed by atoms with van der Waals surface area (Å²) >= 11 is 0. The Balaban J connectivity index is 1.89. The highest BCUT2D eigenvalue weighted by molar-refractivity contribution is 5.55. The van der Waals surface area contributed by atoms with Gasteiger partial charge in [0.05, 0.1) is 21.3 Å². The quantitative estimate of drug-likeness (QED) is 0.798.